The summed E-state index contributed by atoms with van der Waals surface area (Å²) < 4.78 is 0. The van der Waals surface area contributed by atoms with E-state index in [0.29, 0.717) is 13.1 Å². The lowest BCUT2D eigenvalue weighted by Gasteiger charge is -2.36. The van der Waals surface area contributed by atoms with Crippen molar-refractivity contribution in [2.45, 2.75) is 13.8 Å². The topological polar surface area (TPSA) is 67.8 Å². The van der Waals surface area contributed by atoms with Gasteiger partial charge in [0.2, 0.25) is 0 Å². The molecule has 3 heterocycles. The number of anilines is 3. The molecule has 0 spiro atoms. The first-order chi connectivity index (χ1) is 14.5. The number of hydrogen-bond donors (Lipinski definition) is 1. The molecule has 2 aromatic rings. The lowest BCUT2D eigenvalue weighted by molar-refractivity contribution is 0.208. The monoisotopic (exact) mass is 409 g/mol. The first kappa shape index (κ1) is 20.4. The minimum Gasteiger partial charge on any atom is -0.354 e. The Morgan fingerprint density at radius 1 is 0.900 bits per heavy atom. The highest BCUT2D eigenvalue weighted by molar-refractivity contribution is 5.90. The highest BCUT2D eigenvalue weighted by Crippen LogP contribution is 2.21. The molecule has 2 aliphatic rings. The molecular formula is C22H31N7O. The van der Waals surface area contributed by atoms with E-state index >= 15 is 0 Å². The van der Waals surface area contributed by atoms with Crippen molar-refractivity contribution < 1.29 is 4.79 Å². The van der Waals surface area contributed by atoms with Gasteiger partial charge in [-0.3, -0.25) is 0 Å². The Morgan fingerprint density at radius 3 is 2.13 bits per heavy atom. The first-order valence-corrected chi connectivity index (χ1v) is 10.6. The molecule has 0 radical (unpaired) electrons. The zero-order valence-corrected chi connectivity index (χ0v) is 18.1. The number of rotatable bonds is 3. The second-order valence-corrected chi connectivity index (χ2v) is 8.18. The average molecular weight is 410 g/mol. The Balaban J connectivity index is 1.35. The van der Waals surface area contributed by atoms with Crippen LogP contribution in [-0.4, -0.2) is 85.2 Å². The van der Waals surface area contributed by atoms with Crippen LogP contribution in [0.5, 0.6) is 0 Å². The molecule has 8 nitrogen and oxygen atoms in total. The molecule has 0 atom stereocenters. The van der Waals surface area contributed by atoms with E-state index in [1.807, 2.05) is 24.0 Å². The van der Waals surface area contributed by atoms with Gasteiger partial charge in [-0.1, -0.05) is 12.1 Å². The zero-order valence-electron chi connectivity index (χ0n) is 18.1. The number of piperazine rings is 2. The summed E-state index contributed by atoms with van der Waals surface area (Å²) in [6.45, 7) is 11.0. The molecule has 1 N–H and O–H groups in total. The van der Waals surface area contributed by atoms with Gasteiger partial charge in [-0.15, -0.1) is 0 Å². The number of benzene rings is 1. The lowest BCUT2D eigenvalue weighted by atomic mass is 10.1. The number of nitrogens with one attached hydrogen (secondary N) is 1. The molecule has 2 saturated heterocycles. The summed E-state index contributed by atoms with van der Waals surface area (Å²) >= 11 is 0. The van der Waals surface area contributed by atoms with E-state index in [2.05, 4.69) is 56.1 Å². The summed E-state index contributed by atoms with van der Waals surface area (Å²) in [5.74, 6) is 1.93. The molecule has 0 unspecified atom stereocenters. The number of aromatic nitrogens is 2. The van der Waals surface area contributed by atoms with Crippen LogP contribution < -0.4 is 15.1 Å². The molecule has 2 aliphatic heterocycles. The van der Waals surface area contributed by atoms with E-state index < -0.39 is 0 Å². The maximum Gasteiger partial charge on any atom is 0.321 e. The molecule has 0 aliphatic carbocycles. The molecule has 1 aromatic heterocycles. The van der Waals surface area contributed by atoms with Crippen molar-refractivity contribution >= 4 is 23.4 Å². The maximum absolute atomic E-state index is 12.7. The van der Waals surface area contributed by atoms with Gasteiger partial charge in [0.15, 0.2) is 0 Å². The fourth-order valence-corrected chi connectivity index (χ4v) is 3.94. The number of likely N-dealkylation sites (N-methyl/N-ethyl adjacent to an activating group) is 1. The number of urea groups is 1. The maximum atomic E-state index is 12.7. The van der Waals surface area contributed by atoms with Gasteiger partial charge in [-0.2, -0.15) is 0 Å². The Morgan fingerprint density at radius 2 is 1.50 bits per heavy atom. The van der Waals surface area contributed by atoms with Crippen molar-refractivity contribution in [1.29, 1.82) is 0 Å². The standard InChI is InChI=1S/C22H31N7O/c1-17-5-4-6-19(18(17)2)25-22(30)29-13-11-28(12-14-29)21-15-20(23-16-24-21)27-9-7-26(3)8-10-27/h4-6,15-16H,7-14H2,1-3H3,(H,25,30). The fraction of sp³-hybridized carbons (Fsp3) is 0.500. The third-order valence-corrected chi connectivity index (χ3v) is 6.20. The van der Waals surface area contributed by atoms with Crippen LogP contribution in [0.25, 0.3) is 0 Å². The Hall–Kier alpha value is -2.87. The summed E-state index contributed by atoms with van der Waals surface area (Å²) in [7, 11) is 2.15. The predicted molar refractivity (Wildman–Crippen MR) is 120 cm³/mol. The van der Waals surface area contributed by atoms with Crippen molar-refractivity contribution in [2.75, 3.05) is 74.5 Å². The van der Waals surface area contributed by atoms with Crippen molar-refractivity contribution in [3.63, 3.8) is 0 Å². The second-order valence-electron chi connectivity index (χ2n) is 8.18. The zero-order chi connectivity index (χ0) is 21.1. The molecule has 2 amide bonds. The van der Waals surface area contributed by atoms with E-state index in [0.717, 1.165) is 62.2 Å². The highest BCUT2D eigenvalue weighted by atomic mass is 16.2. The van der Waals surface area contributed by atoms with Gasteiger partial charge in [-0.25, -0.2) is 14.8 Å². The smallest absolute Gasteiger partial charge is 0.321 e. The molecule has 160 valence electrons. The molecular weight excluding hydrogens is 378 g/mol. The van der Waals surface area contributed by atoms with Gasteiger partial charge in [0.1, 0.15) is 18.0 Å². The third kappa shape index (κ3) is 4.48. The normalized spacial score (nSPS) is 17.9. The number of carbonyl (C=O) groups is 1. The number of carbonyl (C=O) groups excluding carboxylic acids is 1. The van der Waals surface area contributed by atoms with Crippen LogP contribution >= 0.6 is 0 Å². The minimum atomic E-state index is -0.0378. The molecule has 30 heavy (non-hydrogen) atoms. The molecule has 0 saturated carbocycles. The number of hydrogen-bond acceptors (Lipinski definition) is 6. The number of amides is 2. The van der Waals surface area contributed by atoms with Crippen LogP contribution in [0.15, 0.2) is 30.6 Å². The number of nitrogens with zero attached hydrogens (tertiary/aromatic N) is 6. The van der Waals surface area contributed by atoms with E-state index in [-0.39, 0.29) is 6.03 Å². The van der Waals surface area contributed by atoms with Crippen LogP contribution in [0.3, 0.4) is 0 Å². The molecule has 8 heteroatoms. The Kier molecular flexibility index (Phi) is 6.03. The van der Waals surface area contributed by atoms with E-state index in [1.165, 1.54) is 5.56 Å². The Labute approximate surface area is 178 Å². The van der Waals surface area contributed by atoms with E-state index in [9.17, 15) is 4.79 Å². The largest absolute Gasteiger partial charge is 0.354 e. The molecule has 0 bridgehead atoms. The molecule has 2 fully saturated rings. The third-order valence-electron chi connectivity index (χ3n) is 6.20. The first-order valence-electron chi connectivity index (χ1n) is 10.6. The summed E-state index contributed by atoms with van der Waals surface area (Å²) in [6.07, 6.45) is 1.66. The summed E-state index contributed by atoms with van der Waals surface area (Å²) in [5.41, 5.74) is 3.18. The van der Waals surface area contributed by atoms with Crippen molar-refractivity contribution in [3.05, 3.63) is 41.7 Å². The van der Waals surface area contributed by atoms with Crippen LogP contribution in [-0.2, 0) is 0 Å². The van der Waals surface area contributed by atoms with Gasteiger partial charge < -0.3 is 24.9 Å². The van der Waals surface area contributed by atoms with Crippen LogP contribution in [0.4, 0.5) is 22.1 Å². The fourth-order valence-electron chi connectivity index (χ4n) is 3.94. The summed E-state index contributed by atoms with van der Waals surface area (Å²) in [5, 5.41) is 3.06. The summed E-state index contributed by atoms with van der Waals surface area (Å²) in [4.78, 5) is 30.5. The lowest BCUT2D eigenvalue weighted by Crippen LogP contribution is -2.50. The van der Waals surface area contributed by atoms with Crippen LogP contribution in [0.1, 0.15) is 11.1 Å². The quantitative estimate of drug-likeness (QED) is 0.838. The van der Waals surface area contributed by atoms with Gasteiger partial charge in [0, 0.05) is 64.1 Å². The van der Waals surface area contributed by atoms with Crippen LogP contribution in [0, 0.1) is 13.8 Å². The highest BCUT2D eigenvalue weighted by Gasteiger charge is 2.23. The molecule has 1 aromatic carbocycles. The van der Waals surface area contributed by atoms with Crippen LogP contribution in [0.2, 0.25) is 0 Å². The minimum absolute atomic E-state index is 0.0378. The van der Waals surface area contributed by atoms with Crippen molar-refractivity contribution in [1.82, 2.24) is 19.8 Å². The SMILES string of the molecule is Cc1cccc(NC(=O)N2CCN(c3cc(N4CCN(C)CC4)ncn3)CC2)c1C. The average Bonchev–Trinajstić information content (AvgIpc) is 2.77. The van der Waals surface area contributed by atoms with Gasteiger partial charge in [0.25, 0.3) is 0 Å². The molecule has 4 rings (SSSR count). The summed E-state index contributed by atoms with van der Waals surface area (Å²) in [6, 6.07) is 8.03. The second kappa shape index (κ2) is 8.87. The van der Waals surface area contributed by atoms with E-state index in [4.69, 9.17) is 0 Å². The predicted octanol–water partition coefficient (Wildman–Crippen LogP) is 2.20. The van der Waals surface area contributed by atoms with Crippen molar-refractivity contribution in [2.24, 2.45) is 0 Å². The van der Waals surface area contributed by atoms with Gasteiger partial charge in [-0.05, 0) is 38.1 Å². The van der Waals surface area contributed by atoms with Gasteiger partial charge >= 0.3 is 6.03 Å². The van der Waals surface area contributed by atoms with E-state index in [1.54, 1.807) is 6.33 Å². The van der Waals surface area contributed by atoms with Gasteiger partial charge in [0.05, 0.1) is 0 Å². The Bertz CT molecular complexity index is 887. The van der Waals surface area contributed by atoms with Crippen molar-refractivity contribution in [3.8, 4) is 0 Å². The number of aryl methyl sites for hydroxylation is 1.